The highest BCUT2D eigenvalue weighted by Crippen LogP contribution is 2.23. The van der Waals surface area contributed by atoms with E-state index < -0.39 is 22.9 Å². The van der Waals surface area contributed by atoms with Crippen LogP contribution in [0.3, 0.4) is 0 Å². The minimum atomic E-state index is -1.19. The monoisotopic (exact) mass is 439 g/mol. The number of nitro groups is 1. The number of anilines is 2. The number of hydrogen-bond donors (Lipinski definition) is 2. The summed E-state index contributed by atoms with van der Waals surface area (Å²) in [5.74, 6) is -1.71. The number of nitro benzene ring substituents is 1. The highest BCUT2D eigenvalue weighted by molar-refractivity contribution is 7.12. The molecule has 2 amide bonds. The van der Waals surface area contributed by atoms with Gasteiger partial charge in [0.1, 0.15) is 5.69 Å². The number of carbonyl (C=O) groups is 3. The molecule has 31 heavy (non-hydrogen) atoms. The molecule has 1 unspecified atom stereocenters. The van der Waals surface area contributed by atoms with Gasteiger partial charge in [0.25, 0.3) is 17.5 Å². The van der Waals surface area contributed by atoms with Gasteiger partial charge < -0.3 is 15.4 Å². The van der Waals surface area contributed by atoms with Gasteiger partial charge in [-0.3, -0.25) is 19.7 Å². The Labute approximate surface area is 180 Å². The van der Waals surface area contributed by atoms with Crippen molar-refractivity contribution in [2.24, 2.45) is 0 Å². The van der Waals surface area contributed by atoms with Gasteiger partial charge in [-0.25, -0.2) is 4.79 Å². The van der Waals surface area contributed by atoms with Crippen molar-refractivity contribution < 1.29 is 24.0 Å². The highest BCUT2D eigenvalue weighted by atomic mass is 32.1. The van der Waals surface area contributed by atoms with Gasteiger partial charge in [0.05, 0.1) is 15.4 Å². The number of esters is 1. The normalized spacial score (nSPS) is 11.3. The summed E-state index contributed by atoms with van der Waals surface area (Å²) in [5.41, 5.74) is 0.414. The van der Waals surface area contributed by atoms with E-state index in [4.69, 9.17) is 4.74 Å². The first-order valence-electron chi connectivity index (χ1n) is 9.05. The average molecular weight is 439 g/mol. The van der Waals surface area contributed by atoms with Gasteiger partial charge in [0.15, 0.2) is 6.10 Å². The van der Waals surface area contributed by atoms with E-state index >= 15 is 0 Å². The number of ether oxygens (including phenoxy) is 1. The van der Waals surface area contributed by atoms with Crippen LogP contribution in [0.1, 0.15) is 27.0 Å². The van der Waals surface area contributed by atoms with Crippen molar-refractivity contribution in [3.8, 4) is 0 Å². The van der Waals surface area contributed by atoms with Crippen molar-refractivity contribution >= 4 is 46.2 Å². The van der Waals surface area contributed by atoms with Crippen LogP contribution in [0, 0.1) is 10.1 Å². The third kappa shape index (κ3) is 5.52. The lowest BCUT2D eigenvalue weighted by Gasteiger charge is -2.14. The summed E-state index contributed by atoms with van der Waals surface area (Å²) in [5, 5.41) is 17.9. The second kappa shape index (κ2) is 9.63. The van der Waals surface area contributed by atoms with E-state index in [0.29, 0.717) is 10.6 Å². The summed E-state index contributed by atoms with van der Waals surface area (Å²) >= 11 is 1.31. The molecule has 0 aliphatic heterocycles. The van der Waals surface area contributed by atoms with Crippen LogP contribution in [-0.2, 0) is 9.53 Å². The fourth-order valence-electron chi connectivity index (χ4n) is 2.55. The summed E-state index contributed by atoms with van der Waals surface area (Å²) in [6, 6.07) is 15.1. The number of nitrogens with one attached hydrogen (secondary N) is 2. The maximum absolute atomic E-state index is 12.3. The van der Waals surface area contributed by atoms with E-state index in [9.17, 15) is 24.5 Å². The first kappa shape index (κ1) is 21.7. The predicted octanol–water partition coefficient (Wildman–Crippen LogP) is 4.09. The molecule has 10 heteroatoms. The molecule has 2 aromatic carbocycles. The minimum absolute atomic E-state index is 0.00577. The summed E-state index contributed by atoms with van der Waals surface area (Å²) in [6.07, 6.45) is -1.19. The molecule has 0 saturated carbocycles. The van der Waals surface area contributed by atoms with Crippen LogP contribution < -0.4 is 10.6 Å². The Morgan fingerprint density at radius 3 is 2.35 bits per heavy atom. The predicted molar refractivity (Wildman–Crippen MR) is 115 cm³/mol. The Hall–Kier alpha value is -4.05. The Morgan fingerprint density at radius 2 is 1.71 bits per heavy atom. The number of para-hydroxylation sites is 2. The van der Waals surface area contributed by atoms with Gasteiger partial charge in [0.2, 0.25) is 0 Å². The second-order valence-electron chi connectivity index (χ2n) is 6.32. The first-order valence-corrected chi connectivity index (χ1v) is 9.93. The molecule has 0 fully saturated rings. The van der Waals surface area contributed by atoms with Crippen molar-refractivity contribution in [1.82, 2.24) is 0 Å². The Kier molecular flexibility index (Phi) is 6.73. The van der Waals surface area contributed by atoms with Gasteiger partial charge in [-0.2, -0.15) is 0 Å². The van der Waals surface area contributed by atoms with E-state index in [1.165, 1.54) is 54.7 Å². The summed E-state index contributed by atoms with van der Waals surface area (Å²) in [4.78, 5) is 47.6. The molecule has 0 radical (unpaired) electrons. The van der Waals surface area contributed by atoms with Crippen molar-refractivity contribution in [1.29, 1.82) is 0 Å². The molecule has 0 aliphatic rings. The number of amides is 2. The Balaban J connectivity index is 1.58. The molecule has 0 saturated heterocycles. The van der Waals surface area contributed by atoms with Crippen LogP contribution in [0.25, 0.3) is 0 Å². The fourth-order valence-corrected chi connectivity index (χ4v) is 3.16. The van der Waals surface area contributed by atoms with Crippen molar-refractivity contribution in [3.05, 3.63) is 86.6 Å². The van der Waals surface area contributed by atoms with Crippen LogP contribution >= 0.6 is 11.3 Å². The molecule has 0 aliphatic carbocycles. The molecule has 0 spiro atoms. The molecular weight excluding hydrogens is 422 g/mol. The lowest BCUT2D eigenvalue weighted by Crippen LogP contribution is -2.30. The summed E-state index contributed by atoms with van der Waals surface area (Å²) in [6.45, 7) is 1.36. The third-order valence-corrected chi connectivity index (χ3v) is 5.00. The third-order valence-electron chi connectivity index (χ3n) is 4.14. The first-order chi connectivity index (χ1) is 14.8. The summed E-state index contributed by atoms with van der Waals surface area (Å²) in [7, 11) is 0. The van der Waals surface area contributed by atoms with Crippen LogP contribution in [-0.4, -0.2) is 28.8 Å². The zero-order chi connectivity index (χ0) is 22.4. The highest BCUT2D eigenvalue weighted by Gasteiger charge is 2.22. The number of nitrogens with zero attached hydrogens (tertiary/aromatic N) is 1. The van der Waals surface area contributed by atoms with Crippen LogP contribution in [0.2, 0.25) is 0 Å². The quantitative estimate of drug-likeness (QED) is 0.324. The summed E-state index contributed by atoms with van der Waals surface area (Å²) < 4.78 is 5.14. The van der Waals surface area contributed by atoms with Crippen molar-refractivity contribution in [2.75, 3.05) is 10.6 Å². The lowest BCUT2D eigenvalue weighted by molar-refractivity contribution is -0.383. The maximum Gasteiger partial charge on any atom is 0.338 e. The molecule has 158 valence electrons. The molecule has 2 N–H and O–H groups in total. The smallest absolute Gasteiger partial charge is 0.338 e. The molecule has 1 heterocycles. The van der Waals surface area contributed by atoms with Gasteiger partial charge in [0, 0.05) is 11.8 Å². The molecule has 1 aromatic heterocycles. The molecule has 3 rings (SSSR count). The van der Waals surface area contributed by atoms with E-state index in [0.717, 1.165) is 0 Å². The van der Waals surface area contributed by atoms with E-state index in [1.807, 2.05) is 0 Å². The number of rotatable bonds is 7. The van der Waals surface area contributed by atoms with Crippen molar-refractivity contribution in [3.63, 3.8) is 0 Å². The lowest BCUT2D eigenvalue weighted by atomic mass is 10.2. The van der Waals surface area contributed by atoms with Gasteiger partial charge in [-0.15, -0.1) is 11.3 Å². The zero-order valence-electron chi connectivity index (χ0n) is 16.2. The van der Waals surface area contributed by atoms with E-state index in [1.54, 1.807) is 29.6 Å². The van der Waals surface area contributed by atoms with E-state index in [-0.39, 0.29) is 22.8 Å². The number of benzene rings is 2. The standard InChI is InChI=1S/C21H17N3O6S/c1-13(19(25)23-16-5-2-3-6-17(16)24(28)29)30-21(27)14-8-10-15(11-9-14)22-20(26)18-7-4-12-31-18/h2-13H,1H3,(H,22,26)(H,23,25). The van der Waals surface area contributed by atoms with E-state index in [2.05, 4.69) is 10.6 Å². The maximum atomic E-state index is 12.3. The molecule has 1 atom stereocenters. The number of hydrogen-bond acceptors (Lipinski definition) is 7. The zero-order valence-corrected chi connectivity index (χ0v) is 17.0. The number of thiophene rings is 1. The molecule has 3 aromatic rings. The van der Waals surface area contributed by atoms with Crippen molar-refractivity contribution in [2.45, 2.75) is 13.0 Å². The topological polar surface area (TPSA) is 128 Å². The van der Waals surface area contributed by atoms with Crippen LogP contribution in [0.4, 0.5) is 17.1 Å². The van der Waals surface area contributed by atoms with Crippen LogP contribution in [0.5, 0.6) is 0 Å². The van der Waals surface area contributed by atoms with Gasteiger partial charge in [-0.1, -0.05) is 18.2 Å². The van der Waals surface area contributed by atoms with Gasteiger partial charge >= 0.3 is 5.97 Å². The van der Waals surface area contributed by atoms with Crippen LogP contribution in [0.15, 0.2) is 66.0 Å². The molecule has 9 nitrogen and oxygen atoms in total. The Bertz CT molecular complexity index is 1110. The minimum Gasteiger partial charge on any atom is -0.449 e. The number of carbonyl (C=O) groups excluding carboxylic acids is 3. The largest absolute Gasteiger partial charge is 0.449 e. The Morgan fingerprint density at radius 1 is 1.00 bits per heavy atom. The SMILES string of the molecule is CC(OC(=O)c1ccc(NC(=O)c2cccs2)cc1)C(=O)Nc1ccccc1[N+](=O)[O-]. The second-order valence-corrected chi connectivity index (χ2v) is 7.27. The average Bonchev–Trinajstić information content (AvgIpc) is 3.29. The molecular formula is C21H17N3O6S. The van der Waals surface area contributed by atoms with Gasteiger partial charge in [-0.05, 0) is 48.7 Å². The molecule has 0 bridgehead atoms. The fraction of sp³-hybridized carbons (Fsp3) is 0.0952.